The van der Waals surface area contributed by atoms with Crippen LogP contribution in [0.25, 0.3) is 11.3 Å². The average molecular weight is 362 g/mol. The van der Waals surface area contributed by atoms with E-state index in [4.69, 9.17) is 4.74 Å². The Morgan fingerprint density at radius 2 is 2.04 bits per heavy atom. The number of anilines is 1. The normalized spacial score (nSPS) is 12.7. The Balaban J connectivity index is 1.57. The molecule has 1 N–H and O–H groups in total. The summed E-state index contributed by atoms with van der Waals surface area (Å²) >= 11 is 0. The second kappa shape index (κ2) is 7.27. The largest absolute Gasteiger partial charge is 0.497 e. The predicted octanol–water partition coefficient (Wildman–Crippen LogP) is 3.34. The van der Waals surface area contributed by atoms with Crippen molar-refractivity contribution in [2.24, 2.45) is 0 Å². The third kappa shape index (κ3) is 3.58. The number of rotatable bonds is 5. The van der Waals surface area contributed by atoms with Crippen molar-refractivity contribution in [3.63, 3.8) is 0 Å². The van der Waals surface area contributed by atoms with Crippen LogP contribution in [-0.4, -0.2) is 17.6 Å². The van der Waals surface area contributed by atoms with Gasteiger partial charge in [-0.25, -0.2) is 9.13 Å². The lowest BCUT2D eigenvalue weighted by Crippen LogP contribution is -2.42. The maximum absolute atomic E-state index is 12.6. The zero-order valence-corrected chi connectivity index (χ0v) is 15.7. The van der Waals surface area contributed by atoms with Crippen molar-refractivity contribution < 1.29 is 14.1 Å². The third-order valence-electron chi connectivity index (χ3n) is 5.00. The van der Waals surface area contributed by atoms with Gasteiger partial charge in [0.1, 0.15) is 11.9 Å². The van der Waals surface area contributed by atoms with Gasteiger partial charge < -0.3 is 10.1 Å². The van der Waals surface area contributed by atoms with Gasteiger partial charge in [0, 0.05) is 11.3 Å². The summed E-state index contributed by atoms with van der Waals surface area (Å²) in [6.07, 6.45) is 4.19. The summed E-state index contributed by atoms with van der Waals surface area (Å²) in [5, 5.41) is 3.00. The lowest BCUT2D eigenvalue weighted by atomic mass is 10.1. The first kappa shape index (κ1) is 17.3. The maximum atomic E-state index is 12.6. The van der Waals surface area contributed by atoms with Crippen molar-refractivity contribution in [1.29, 1.82) is 0 Å². The summed E-state index contributed by atoms with van der Waals surface area (Å²) in [4.78, 5) is 12.6. The number of nitrogens with zero attached hydrogens (tertiary/aromatic N) is 2. The fourth-order valence-electron chi connectivity index (χ4n) is 3.72. The van der Waals surface area contributed by atoms with E-state index in [2.05, 4.69) is 32.8 Å². The molecular weight excluding hydrogens is 338 g/mol. The van der Waals surface area contributed by atoms with E-state index in [1.54, 1.807) is 7.11 Å². The minimum Gasteiger partial charge on any atom is -0.497 e. The molecule has 0 saturated heterocycles. The Morgan fingerprint density at radius 1 is 1.22 bits per heavy atom. The number of carbonyl (C=O) groups is 1. The number of methoxy groups -OCH3 is 1. The molecule has 27 heavy (non-hydrogen) atoms. The molecule has 0 bridgehead atoms. The van der Waals surface area contributed by atoms with E-state index < -0.39 is 0 Å². The van der Waals surface area contributed by atoms with Gasteiger partial charge in [0.25, 0.3) is 11.7 Å². The number of aryl methyl sites for hydroxylation is 1. The van der Waals surface area contributed by atoms with E-state index in [0.29, 0.717) is 6.54 Å². The van der Waals surface area contributed by atoms with Crippen molar-refractivity contribution in [3.8, 4) is 17.0 Å². The molecule has 0 atom stereocenters. The molecule has 4 rings (SSSR count). The number of ether oxygens (including phenoxy) is 1. The highest BCUT2D eigenvalue weighted by Gasteiger charge is 2.29. The zero-order valence-electron chi connectivity index (χ0n) is 15.7. The lowest BCUT2D eigenvalue weighted by Gasteiger charge is -2.05. The van der Waals surface area contributed by atoms with Gasteiger partial charge in [-0.15, -0.1) is 0 Å². The maximum Gasteiger partial charge on any atom is 0.266 e. The first-order chi connectivity index (χ1) is 13.1. The molecule has 0 fully saturated rings. The van der Waals surface area contributed by atoms with Gasteiger partial charge in [0.15, 0.2) is 12.2 Å². The molecule has 1 amide bonds. The van der Waals surface area contributed by atoms with E-state index in [1.807, 2.05) is 43.3 Å². The van der Waals surface area contributed by atoms with Crippen LogP contribution < -0.4 is 14.6 Å². The molecule has 5 heteroatoms. The van der Waals surface area contributed by atoms with Crippen LogP contribution in [0.4, 0.5) is 5.69 Å². The van der Waals surface area contributed by atoms with Gasteiger partial charge in [-0.2, -0.15) is 0 Å². The van der Waals surface area contributed by atoms with Gasteiger partial charge in [-0.3, -0.25) is 4.79 Å². The van der Waals surface area contributed by atoms with E-state index in [1.165, 1.54) is 5.82 Å². The smallest absolute Gasteiger partial charge is 0.266 e. The number of aromatic nitrogens is 2. The van der Waals surface area contributed by atoms with Gasteiger partial charge in [0.05, 0.1) is 20.1 Å². The summed E-state index contributed by atoms with van der Waals surface area (Å²) in [6, 6.07) is 16.0. The van der Waals surface area contributed by atoms with Crippen molar-refractivity contribution in [2.75, 3.05) is 12.4 Å². The number of carbonyl (C=O) groups excluding carboxylic acids is 1. The molecule has 138 valence electrons. The van der Waals surface area contributed by atoms with E-state index in [9.17, 15) is 4.79 Å². The van der Waals surface area contributed by atoms with E-state index in [0.717, 1.165) is 47.6 Å². The van der Waals surface area contributed by atoms with Gasteiger partial charge in [-0.1, -0.05) is 12.1 Å². The third-order valence-corrected chi connectivity index (χ3v) is 5.00. The first-order valence-corrected chi connectivity index (χ1v) is 9.27. The highest BCUT2D eigenvalue weighted by molar-refractivity contribution is 5.89. The molecular formula is C22H24N3O2+. The first-order valence-electron chi connectivity index (χ1n) is 9.27. The van der Waals surface area contributed by atoms with Gasteiger partial charge in [-0.05, 0) is 55.3 Å². The molecule has 0 saturated carbocycles. The van der Waals surface area contributed by atoms with Crippen molar-refractivity contribution in [2.45, 2.75) is 32.9 Å². The van der Waals surface area contributed by atoms with Crippen molar-refractivity contribution in [1.82, 2.24) is 4.57 Å². The Kier molecular flexibility index (Phi) is 4.67. The number of amides is 1. The van der Waals surface area contributed by atoms with Crippen molar-refractivity contribution >= 4 is 11.6 Å². The number of imidazole rings is 1. The molecule has 2 heterocycles. The number of nitrogens with one attached hydrogen (secondary N) is 1. The highest BCUT2D eigenvalue weighted by atomic mass is 16.5. The SMILES string of the molecule is COc1ccc(-c2c[n+](CC(=O)Nc3cccc(C)c3)c3n2CCC3)cc1. The molecule has 2 aromatic carbocycles. The molecule has 3 aromatic rings. The fourth-order valence-corrected chi connectivity index (χ4v) is 3.72. The van der Waals surface area contributed by atoms with Crippen molar-refractivity contribution in [3.05, 3.63) is 66.1 Å². The molecule has 0 aliphatic carbocycles. The van der Waals surface area contributed by atoms with Gasteiger partial charge in [0.2, 0.25) is 0 Å². The Bertz CT molecular complexity index is 974. The second-order valence-electron chi connectivity index (χ2n) is 6.96. The number of hydrogen-bond donors (Lipinski definition) is 1. The van der Waals surface area contributed by atoms with Crippen LogP contribution in [0.3, 0.4) is 0 Å². The quantitative estimate of drug-likeness (QED) is 0.708. The molecule has 1 aliphatic rings. The summed E-state index contributed by atoms with van der Waals surface area (Å²) in [5.74, 6) is 2.05. The predicted molar refractivity (Wildman–Crippen MR) is 105 cm³/mol. The highest BCUT2D eigenvalue weighted by Crippen LogP contribution is 2.26. The van der Waals surface area contributed by atoms with Gasteiger partial charge >= 0.3 is 0 Å². The monoisotopic (exact) mass is 362 g/mol. The van der Waals surface area contributed by atoms with E-state index in [-0.39, 0.29) is 5.91 Å². The zero-order chi connectivity index (χ0) is 18.8. The van der Waals surface area contributed by atoms with Crippen LogP contribution in [-0.2, 0) is 24.3 Å². The molecule has 0 radical (unpaired) electrons. The molecule has 5 nitrogen and oxygen atoms in total. The van der Waals surface area contributed by atoms with Crippen LogP contribution >= 0.6 is 0 Å². The Hall–Kier alpha value is -3.08. The summed E-state index contributed by atoms with van der Waals surface area (Å²) in [7, 11) is 1.67. The Labute approximate surface area is 159 Å². The number of fused-ring (bicyclic) bond motifs is 1. The molecule has 1 aliphatic heterocycles. The summed E-state index contributed by atoms with van der Waals surface area (Å²) in [5.41, 5.74) is 4.25. The standard InChI is InChI=1S/C22H23N3O2/c1-16-5-3-6-18(13-16)23-21(26)15-24-14-20(25-12-4-7-22(24)25)17-8-10-19(27-2)11-9-17/h3,5-6,8-11,13-14H,4,7,12,15H2,1-2H3/p+1. The number of benzene rings is 2. The minimum atomic E-state index is -0.00724. The molecule has 0 spiro atoms. The van der Waals surface area contributed by atoms with Crippen LogP contribution in [0, 0.1) is 6.92 Å². The number of hydrogen-bond acceptors (Lipinski definition) is 2. The summed E-state index contributed by atoms with van der Waals surface area (Å²) < 4.78 is 9.66. The second-order valence-corrected chi connectivity index (χ2v) is 6.96. The molecule has 1 aromatic heterocycles. The summed E-state index contributed by atoms with van der Waals surface area (Å²) in [6.45, 7) is 3.33. The van der Waals surface area contributed by atoms with Crippen LogP contribution in [0.5, 0.6) is 5.75 Å². The van der Waals surface area contributed by atoms with Crippen LogP contribution in [0.15, 0.2) is 54.7 Å². The fraction of sp³-hybridized carbons (Fsp3) is 0.273. The van der Waals surface area contributed by atoms with Crippen LogP contribution in [0.2, 0.25) is 0 Å². The topological polar surface area (TPSA) is 47.1 Å². The average Bonchev–Trinajstić information content (AvgIpc) is 3.26. The Morgan fingerprint density at radius 3 is 2.78 bits per heavy atom. The lowest BCUT2D eigenvalue weighted by molar-refractivity contribution is -0.690. The van der Waals surface area contributed by atoms with E-state index >= 15 is 0 Å². The molecule has 0 unspecified atom stereocenters. The van der Waals surface area contributed by atoms with Crippen LogP contribution in [0.1, 0.15) is 17.8 Å². The minimum absolute atomic E-state index is 0.00724.